The van der Waals surface area contributed by atoms with E-state index in [1.165, 1.54) is 6.07 Å². The molecule has 0 spiro atoms. The van der Waals surface area contributed by atoms with Gasteiger partial charge in [0.2, 0.25) is 5.91 Å². The van der Waals surface area contributed by atoms with Crippen molar-refractivity contribution in [2.75, 3.05) is 0 Å². The Morgan fingerprint density at radius 1 is 0.872 bits per heavy atom. The summed E-state index contributed by atoms with van der Waals surface area (Å²) < 4.78 is 53.7. The standard InChI is InChI=1S/C32H29F4NO2/c33-27-18-24(32(34,35)36)15-14-23(27)16-20-8-7-13-28-25(17-20)31(39)26(19-29(38)37-28)30(21-9-3-1-4-10-21)22-11-5-2-6-12-22/h1-6,9-12,14-15,18,20,26,30H,7-8,13,16-17,19H2,(H,37,38). The first kappa shape index (κ1) is 26.9. The molecule has 0 fully saturated rings. The molecule has 39 heavy (non-hydrogen) atoms. The number of allylic oxidation sites excluding steroid dienone is 2. The molecule has 1 N–H and O–H groups in total. The minimum absolute atomic E-state index is 0.0402. The van der Waals surface area contributed by atoms with Gasteiger partial charge < -0.3 is 5.32 Å². The van der Waals surface area contributed by atoms with Gasteiger partial charge in [-0.15, -0.1) is 0 Å². The van der Waals surface area contributed by atoms with E-state index >= 15 is 0 Å². The fraction of sp³-hybridized carbons (Fsp3) is 0.312. The lowest BCUT2D eigenvalue weighted by Crippen LogP contribution is -2.28. The smallest absolute Gasteiger partial charge is 0.329 e. The summed E-state index contributed by atoms with van der Waals surface area (Å²) >= 11 is 0. The lowest BCUT2D eigenvalue weighted by Gasteiger charge is -2.27. The number of hydrogen-bond acceptors (Lipinski definition) is 2. The molecule has 1 aliphatic heterocycles. The second-order valence-corrected chi connectivity index (χ2v) is 10.4. The van der Waals surface area contributed by atoms with Gasteiger partial charge >= 0.3 is 6.18 Å². The van der Waals surface area contributed by atoms with Crippen molar-refractivity contribution in [3.8, 4) is 0 Å². The van der Waals surface area contributed by atoms with Gasteiger partial charge in [0.1, 0.15) is 5.82 Å². The average molecular weight is 536 g/mol. The van der Waals surface area contributed by atoms with Crippen molar-refractivity contribution in [2.45, 2.75) is 50.6 Å². The van der Waals surface area contributed by atoms with Crippen LogP contribution in [0.5, 0.6) is 0 Å². The molecule has 1 amide bonds. The van der Waals surface area contributed by atoms with Crippen molar-refractivity contribution in [3.05, 3.63) is 118 Å². The van der Waals surface area contributed by atoms with Crippen LogP contribution >= 0.6 is 0 Å². The lowest BCUT2D eigenvalue weighted by atomic mass is 9.74. The van der Waals surface area contributed by atoms with E-state index in [2.05, 4.69) is 5.32 Å². The monoisotopic (exact) mass is 535 g/mol. The molecule has 5 rings (SSSR count). The predicted octanol–water partition coefficient (Wildman–Crippen LogP) is 7.37. The first-order valence-corrected chi connectivity index (χ1v) is 13.2. The molecule has 2 unspecified atom stereocenters. The largest absolute Gasteiger partial charge is 0.416 e. The van der Waals surface area contributed by atoms with Crippen molar-refractivity contribution in [1.29, 1.82) is 0 Å². The maximum absolute atomic E-state index is 14.7. The number of carbonyl (C=O) groups is 2. The van der Waals surface area contributed by atoms with Crippen LogP contribution in [-0.2, 0) is 22.2 Å². The van der Waals surface area contributed by atoms with Crippen LogP contribution in [0.4, 0.5) is 17.6 Å². The highest BCUT2D eigenvalue weighted by molar-refractivity contribution is 6.03. The first-order valence-electron chi connectivity index (χ1n) is 13.2. The topological polar surface area (TPSA) is 46.2 Å². The number of nitrogens with one attached hydrogen (secondary N) is 1. The minimum atomic E-state index is -4.62. The summed E-state index contributed by atoms with van der Waals surface area (Å²) in [4.78, 5) is 27.3. The van der Waals surface area contributed by atoms with Gasteiger partial charge in [-0.2, -0.15) is 13.2 Å². The number of ketones is 1. The summed E-state index contributed by atoms with van der Waals surface area (Å²) in [5.74, 6) is -2.29. The molecule has 0 aromatic heterocycles. The van der Waals surface area contributed by atoms with Crippen molar-refractivity contribution < 1.29 is 27.2 Å². The fourth-order valence-corrected chi connectivity index (χ4v) is 5.98. The Hall–Kier alpha value is -3.74. The summed E-state index contributed by atoms with van der Waals surface area (Å²) in [5.41, 5.74) is 2.24. The van der Waals surface area contributed by atoms with Gasteiger partial charge in [-0.05, 0) is 66.8 Å². The minimum Gasteiger partial charge on any atom is -0.329 e. The number of hydrogen-bond donors (Lipinski definition) is 1. The Balaban J connectivity index is 1.46. The fourth-order valence-electron chi connectivity index (χ4n) is 5.98. The molecule has 3 aromatic carbocycles. The van der Waals surface area contributed by atoms with Gasteiger partial charge in [0, 0.05) is 29.5 Å². The molecule has 2 atom stereocenters. The van der Waals surface area contributed by atoms with E-state index in [-0.39, 0.29) is 41.9 Å². The summed E-state index contributed by atoms with van der Waals surface area (Å²) in [7, 11) is 0. The second-order valence-electron chi connectivity index (χ2n) is 10.4. The van der Waals surface area contributed by atoms with Crippen LogP contribution in [0.3, 0.4) is 0 Å². The van der Waals surface area contributed by atoms with Gasteiger partial charge in [0.15, 0.2) is 5.78 Å². The zero-order chi connectivity index (χ0) is 27.6. The second kappa shape index (κ2) is 11.2. The molecule has 3 nitrogen and oxygen atoms in total. The van der Waals surface area contributed by atoms with Crippen molar-refractivity contribution in [1.82, 2.24) is 5.32 Å². The van der Waals surface area contributed by atoms with E-state index in [4.69, 9.17) is 0 Å². The maximum atomic E-state index is 14.7. The predicted molar refractivity (Wildman–Crippen MR) is 140 cm³/mol. The van der Waals surface area contributed by atoms with Crippen molar-refractivity contribution in [3.63, 3.8) is 0 Å². The average Bonchev–Trinajstić information content (AvgIpc) is 3.17. The molecular weight excluding hydrogens is 506 g/mol. The lowest BCUT2D eigenvalue weighted by molar-refractivity contribution is -0.137. The van der Waals surface area contributed by atoms with E-state index in [1.807, 2.05) is 60.7 Å². The summed E-state index contributed by atoms with van der Waals surface area (Å²) in [6.45, 7) is 0. The van der Waals surface area contributed by atoms with Gasteiger partial charge in [0.25, 0.3) is 0 Å². The summed E-state index contributed by atoms with van der Waals surface area (Å²) in [6.07, 6.45) is -2.15. The summed E-state index contributed by atoms with van der Waals surface area (Å²) in [5, 5.41) is 2.98. The van der Waals surface area contributed by atoms with E-state index in [0.29, 0.717) is 43.0 Å². The van der Waals surface area contributed by atoms with Crippen LogP contribution in [0.2, 0.25) is 0 Å². The molecule has 202 valence electrons. The Morgan fingerprint density at radius 3 is 2.10 bits per heavy atom. The Morgan fingerprint density at radius 2 is 1.51 bits per heavy atom. The van der Waals surface area contributed by atoms with Crippen LogP contribution in [0, 0.1) is 17.7 Å². The Kier molecular flexibility index (Phi) is 7.69. The van der Waals surface area contributed by atoms with Crippen molar-refractivity contribution >= 4 is 11.7 Å². The van der Waals surface area contributed by atoms with E-state index in [9.17, 15) is 27.2 Å². The summed E-state index contributed by atoms with van der Waals surface area (Å²) in [6, 6.07) is 22.0. The van der Waals surface area contributed by atoms with Crippen molar-refractivity contribution in [2.24, 2.45) is 11.8 Å². The number of carbonyl (C=O) groups excluding carboxylic acids is 2. The SMILES string of the molecule is O=C1CC(C(c2ccccc2)c2ccccc2)C(=O)C2=C(CCCC(Cc3ccc(C(F)(F)F)cc3F)C2)N1. The number of halogens is 4. The van der Waals surface area contributed by atoms with E-state index in [1.54, 1.807) is 0 Å². The van der Waals surface area contributed by atoms with Gasteiger partial charge in [-0.1, -0.05) is 66.7 Å². The van der Waals surface area contributed by atoms with E-state index < -0.39 is 23.5 Å². The van der Waals surface area contributed by atoms with Gasteiger partial charge in [-0.25, -0.2) is 4.39 Å². The number of Topliss-reactive ketones (excluding diaryl/α,β-unsaturated/α-hetero) is 1. The third-order valence-electron chi connectivity index (χ3n) is 7.83. The molecule has 0 saturated heterocycles. The third-order valence-corrected chi connectivity index (χ3v) is 7.83. The van der Waals surface area contributed by atoms with Crippen LogP contribution in [0.1, 0.15) is 60.3 Å². The first-order chi connectivity index (χ1) is 18.7. The Labute approximate surface area is 224 Å². The van der Waals surface area contributed by atoms with Crippen LogP contribution < -0.4 is 5.32 Å². The number of rotatable bonds is 5. The number of alkyl halides is 3. The Bertz CT molecular complexity index is 1340. The van der Waals surface area contributed by atoms with Crippen LogP contribution in [0.15, 0.2) is 90.1 Å². The molecule has 0 saturated carbocycles. The molecule has 0 bridgehead atoms. The van der Waals surface area contributed by atoms with Gasteiger partial charge in [-0.3, -0.25) is 9.59 Å². The number of benzene rings is 3. The third kappa shape index (κ3) is 5.97. The van der Waals surface area contributed by atoms with Gasteiger partial charge in [0.05, 0.1) is 5.56 Å². The maximum Gasteiger partial charge on any atom is 0.416 e. The highest BCUT2D eigenvalue weighted by Crippen LogP contribution is 2.41. The quantitative estimate of drug-likeness (QED) is 0.347. The van der Waals surface area contributed by atoms with Crippen LogP contribution in [-0.4, -0.2) is 11.7 Å². The van der Waals surface area contributed by atoms with Crippen LogP contribution in [0.25, 0.3) is 0 Å². The molecule has 0 radical (unpaired) electrons. The zero-order valence-corrected chi connectivity index (χ0v) is 21.3. The normalized spacial score (nSPS) is 20.3. The molecular formula is C32H29F4NO2. The molecule has 1 aliphatic carbocycles. The molecule has 3 aromatic rings. The molecule has 1 heterocycles. The number of amides is 1. The molecule has 7 heteroatoms. The zero-order valence-electron chi connectivity index (χ0n) is 21.3. The molecule has 2 aliphatic rings. The van der Waals surface area contributed by atoms with E-state index in [0.717, 1.165) is 17.2 Å². The highest BCUT2D eigenvalue weighted by Gasteiger charge is 2.39. The highest BCUT2D eigenvalue weighted by atomic mass is 19.4.